The van der Waals surface area contributed by atoms with E-state index in [1.54, 1.807) is 18.2 Å². The molecule has 2 aromatic carbocycles. The van der Waals surface area contributed by atoms with Crippen molar-refractivity contribution in [3.63, 3.8) is 0 Å². The average molecular weight is 456 g/mol. The number of amides is 1. The van der Waals surface area contributed by atoms with Crippen molar-refractivity contribution in [1.82, 2.24) is 10.0 Å². The molecule has 0 heterocycles. The number of benzene rings is 2. The number of hydrogen-bond donors (Lipinski definition) is 3. The third-order valence-corrected chi connectivity index (χ3v) is 8.52. The molecule has 4 rings (SSSR count). The summed E-state index contributed by atoms with van der Waals surface area (Å²) in [5, 5.41) is 3.19. The Balaban J connectivity index is 1.19. The molecule has 1 saturated carbocycles. The fraction of sp³-hybridized carbons (Fsp3) is 0.480. The highest BCUT2D eigenvalue weighted by molar-refractivity contribution is 7.89. The molecule has 6 nitrogen and oxygen atoms in total. The number of sulfonamides is 1. The maximum Gasteiger partial charge on any atom is 0.242 e. The van der Waals surface area contributed by atoms with Gasteiger partial charge < -0.3 is 11.1 Å². The van der Waals surface area contributed by atoms with Crippen LogP contribution in [-0.2, 0) is 27.7 Å². The van der Waals surface area contributed by atoms with Crippen LogP contribution in [0.1, 0.15) is 43.2 Å². The molecule has 4 N–H and O–H groups in total. The minimum absolute atomic E-state index is 0.0704. The van der Waals surface area contributed by atoms with Gasteiger partial charge in [-0.15, -0.1) is 0 Å². The summed E-state index contributed by atoms with van der Waals surface area (Å²) in [4.78, 5) is 12.8. The standard InChI is InChI=1S/C25H33N3O3S/c26-23-7-3-4-8-24(23)32(30,31)28-17-19-11-9-18(10-12-19)16-27-25(29)22-14-13-20-5-1-2-6-21(20)15-22/h1-8,18-19,22,28H,9-17,26H2,(H,27,29). The quantitative estimate of drug-likeness (QED) is 0.558. The number of carbonyl (C=O) groups is 1. The largest absolute Gasteiger partial charge is 0.398 e. The summed E-state index contributed by atoms with van der Waals surface area (Å²) in [6.07, 6.45) is 6.67. The predicted octanol–water partition coefficient (Wildman–Crippen LogP) is 3.27. The maximum absolute atomic E-state index is 12.7. The van der Waals surface area contributed by atoms with Crippen molar-refractivity contribution < 1.29 is 13.2 Å². The van der Waals surface area contributed by atoms with Crippen LogP contribution >= 0.6 is 0 Å². The van der Waals surface area contributed by atoms with Crippen LogP contribution in [0.2, 0.25) is 0 Å². The van der Waals surface area contributed by atoms with E-state index in [9.17, 15) is 13.2 Å². The molecule has 172 valence electrons. The van der Waals surface area contributed by atoms with E-state index in [1.165, 1.54) is 17.2 Å². The fourth-order valence-corrected chi connectivity index (χ4v) is 6.23. The van der Waals surface area contributed by atoms with Crippen LogP contribution in [0, 0.1) is 17.8 Å². The van der Waals surface area contributed by atoms with Crippen molar-refractivity contribution in [3.05, 3.63) is 59.7 Å². The normalized spacial score (nSPS) is 23.3. The van der Waals surface area contributed by atoms with Gasteiger partial charge in [0.1, 0.15) is 4.90 Å². The topological polar surface area (TPSA) is 101 Å². The predicted molar refractivity (Wildman–Crippen MR) is 126 cm³/mol. The summed E-state index contributed by atoms with van der Waals surface area (Å²) in [6, 6.07) is 14.9. The Morgan fingerprint density at radius 2 is 1.50 bits per heavy atom. The first kappa shape index (κ1) is 22.8. The molecule has 1 unspecified atom stereocenters. The van der Waals surface area contributed by atoms with E-state index in [0.717, 1.165) is 51.5 Å². The zero-order valence-electron chi connectivity index (χ0n) is 18.4. The van der Waals surface area contributed by atoms with Crippen LogP contribution in [0.3, 0.4) is 0 Å². The van der Waals surface area contributed by atoms with Crippen LogP contribution in [0.5, 0.6) is 0 Å². The second kappa shape index (κ2) is 10.0. The van der Waals surface area contributed by atoms with Gasteiger partial charge in [0.25, 0.3) is 0 Å². The molecular weight excluding hydrogens is 422 g/mol. The average Bonchev–Trinajstić information content (AvgIpc) is 2.82. The van der Waals surface area contributed by atoms with Crippen molar-refractivity contribution in [2.24, 2.45) is 17.8 Å². The van der Waals surface area contributed by atoms with Crippen LogP contribution < -0.4 is 15.8 Å². The van der Waals surface area contributed by atoms with Crippen molar-refractivity contribution in [2.45, 2.75) is 49.8 Å². The zero-order chi connectivity index (χ0) is 22.6. The molecule has 32 heavy (non-hydrogen) atoms. The Morgan fingerprint density at radius 3 is 2.22 bits per heavy atom. The Hall–Kier alpha value is -2.38. The van der Waals surface area contributed by atoms with Gasteiger partial charge in [0.15, 0.2) is 0 Å². The number of anilines is 1. The van der Waals surface area contributed by atoms with Gasteiger partial charge in [0.2, 0.25) is 15.9 Å². The summed E-state index contributed by atoms with van der Waals surface area (Å²) >= 11 is 0. The highest BCUT2D eigenvalue weighted by Crippen LogP contribution is 2.29. The van der Waals surface area contributed by atoms with Gasteiger partial charge in [-0.3, -0.25) is 4.79 Å². The molecule has 0 spiro atoms. The van der Waals surface area contributed by atoms with Gasteiger partial charge in [0, 0.05) is 19.0 Å². The van der Waals surface area contributed by atoms with Crippen molar-refractivity contribution in [3.8, 4) is 0 Å². The number of rotatable bonds is 7. The third kappa shape index (κ3) is 5.51. The first-order chi connectivity index (χ1) is 15.4. The minimum Gasteiger partial charge on any atom is -0.398 e. The van der Waals surface area contributed by atoms with Gasteiger partial charge in [-0.25, -0.2) is 13.1 Å². The van der Waals surface area contributed by atoms with Gasteiger partial charge in [-0.2, -0.15) is 0 Å². The lowest BCUT2D eigenvalue weighted by atomic mass is 9.81. The Morgan fingerprint density at radius 1 is 0.875 bits per heavy atom. The van der Waals surface area contributed by atoms with E-state index in [-0.39, 0.29) is 22.4 Å². The van der Waals surface area contributed by atoms with E-state index < -0.39 is 10.0 Å². The lowest BCUT2D eigenvalue weighted by molar-refractivity contribution is -0.125. The SMILES string of the molecule is Nc1ccccc1S(=O)(=O)NCC1CCC(CNC(=O)C2CCc3ccccc3C2)CC1. The lowest BCUT2D eigenvalue weighted by Crippen LogP contribution is -2.38. The maximum atomic E-state index is 12.7. The molecule has 1 amide bonds. The Kier molecular flexibility index (Phi) is 7.16. The molecule has 7 heteroatoms. The highest BCUT2D eigenvalue weighted by Gasteiger charge is 2.27. The van der Waals surface area contributed by atoms with E-state index in [2.05, 4.69) is 28.2 Å². The monoisotopic (exact) mass is 455 g/mol. The van der Waals surface area contributed by atoms with Gasteiger partial charge in [-0.05, 0) is 80.0 Å². The number of para-hydroxylation sites is 1. The van der Waals surface area contributed by atoms with Crippen LogP contribution in [0.4, 0.5) is 5.69 Å². The molecule has 0 aromatic heterocycles. The smallest absolute Gasteiger partial charge is 0.242 e. The summed E-state index contributed by atoms with van der Waals surface area (Å²) in [7, 11) is -3.59. The van der Waals surface area contributed by atoms with Crippen LogP contribution in [-0.4, -0.2) is 27.4 Å². The molecule has 2 aromatic rings. The number of nitrogens with two attached hydrogens (primary N) is 1. The van der Waals surface area contributed by atoms with Crippen molar-refractivity contribution in [1.29, 1.82) is 0 Å². The molecule has 2 aliphatic rings. The van der Waals surface area contributed by atoms with E-state index >= 15 is 0 Å². The first-order valence-corrected chi connectivity index (χ1v) is 13.1. The van der Waals surface area contributed by atoms with Gasteiger partial charge in [0.05, 0.1) is 5.69 Å². The van der Waals surface area contributed by atoms with E-state index in [0.29, 0.717) is 18.4 Å². The highest BCUT2D eigenvalue weighted by atomic mass is 32.2. The number of nitrogen functional groups attached to an aromatic ring is 1. The van der Waals surface area contributed by atoms with E-state index in [1.807, 2.05) is 6.07 Å². The summed E-state index contributed by atoms with van der Waals surface area (Å²) in [5.41, 5.74) is 8.76. The summed E-state index contributed by atoms with van der Waals surface area (Å²) < 4.78 is 27.8. The number of fused-ring (bicyclic) bond motifs is 1. The number of nitrogens with one attached hydrogen (secondary N) is 2. The molecule has 0 bridgehead atoms. The van der Waals surface area contributed by atoms with Crippen molar-refractivity contribution in [2.75, 3.05) is 18.8 Å². The number of aryl methyl sites for hydroxylation is 1. The second-order valence-electron chi connectivity index (χ2n) is 9.23. The minimum atomic E-state index is -3.59. The van der Waals surface area contributed by atoms with Gasteiger partial charge >= 0.3 is 0 Å². The first-order valence-electron chi connectivity index (χ1n) is 11.6. The molecule has 2 aliphatic carbocycles. The molecule has 1 fully saturated rings. The molecule has 1 atom stereocenters. The zero-order valence-corrected chi connectivity index (χ0v) is 19.2. The van der Waals surface area contributed by atoms with Gasteiger partial charge in [-0.1, -0.05) is 36.4 Å². The lowest BCUT2D eigenvalue weighted by Gasteiger charge is -2.30. The molecule has 0 saturated heterocycles. The summed E-state index contributed by atoms with van der Waals surface area (Å²) in [6.45, 7) is 1.15. The molecule has 0 aliphatic heterocycles. The van der Waals surface area contributed by atoms with E-state index in [4.69, 9.17) is 5.73 Å². The Labute approximate surface area is 191 Å². The second-order valence-corrected chi connectivity index (χ2v) is 11.0. The van der Waals surface area contributed by atoms with Crippen LogP contribution in [0.15, 0.2) is 53.4 Å². The summed E-state index contributed by atoms with van der Waals surface area (Å²) in [5.74, 6) is 1.03. The number of carbonyl (C=O) groups excluding carboxylic acids is 1. The Bertz CT molecular complexity index is 1050. The molecular formula is C25H33N3O3S. The number of hydrogen-bond acceptors (Lipinski definition) is 4. The third-order valence-electron chi connectivity index (χ3n) is 7.02. The fourth-order valence-electron chi connectivity index (χ4n) is 4.98. The van der Waals surface area contributed by atoms with Crippen molar-refractivity contribution >= 4 is 21.6 Å². The van der Waals surface area contributed by atoms with Crippen LogP contribution in [0.25, 0.3) is 0 Å². The molecule has 0 radical (unpaired) electrons.